The Morgan fingerprint density at radius 1 is 1.15 bits per heavy atom. The van der Waals surface area contributed by atoms with Gasteiger partial charge in [0.05, 0.1) is 15.9 Å². The van der Waals surface area contributed by atoms with Gasteiger partial charge in [0.15, 0.2) is 10.3 Å². The molecule has 0 saturated carbocycles. The molecular weight excluding hydrogens is 372 g/mol. The molecule has 1 N–H and O–H groups in total. The minimum Gasteiger partial charge on any atom is -0.361 e. The smallest absolute Gasteiger partial charge is 0.183 e. The Labute approximate surface area is 167 Å². The number of anilines is 1. The lowest BCUT2D eigenvalue weighted by atomic mass is 10.1. The lowest BCUT2D eigenvalue weighted by molar-refractivity contribution is 0.440. The van der Waals surface area contributed by atoms with Gasteiger partial charge in [-0.2, -0.15) is 0 Å². The summed E-state index contributed by atoms with van der Waals surface area (Å²) in [6.07, 6.45) is 3.62. The fraction of sp³-hybridized carbons (Fsp3) is 0.333. The first kappa shape index (κ1) is 17.1. The van der Waals surface area contributed by atoms with Gasteiger partial charge in [-0.15, -0.1) is 0 Å². The fourth-order valence-corrected chi connectivity index (χ4v) is 5.88. The molecule has 1 atom stereocenters. The summed E-state index contributed by atoms with van der Waals surface area (Å²) in [6, 6.07) is 17.7. The van der Waals surface area contributed by atoms with E-state index in [1.165, 1.54) is 40.6 Å². The number of thioether (sulfide) groups is 1. The van der Waals surface area contributed by atoms with Gasteiger partial charge in [0.25, 0.3) is 0 Å². The van der Waals surface area contributed by atoms with Crippen LogP contribution in [0.3, 0.4) is 0 Å². The molecule has 27 heavy (non-hydrogen) atoms. The molecule has 6 heteroatoms. The second-order valence-electron chi connectivity index (χ2n) is 7.02. The van der Waals surface area contributed by atoms with E-state index in [4.69, 9.17) is 4.99 Å². The monoisotopic (exact) mass is 394 g/mol. The molecule has 1 aromatic heterocycles. The fourth-order valence-electron chi connectivity index (χ4n) is 3.72. The van der Waals surface area contributed by atoms with E-state index in [0.29, 0.717) is 0 Å². The average Bonchev–Trinajstić information content (AvgIpc) is 3.39. The molecule has 4 nitrogen and oxygen atoms in total. The van der Waals surface area contributed by atoms with Crippen molar-refractivity contribution in [3.05, 3.63) is 54.1 Å². The number of thiazole rings is 1. The summed E-state index contributed by atoms with van der Waals surface area (Å²) in [4.78, 5) is 12.0. The second kappa shape index (κ2) is 7.52. The van der Waals surface area contributed by atoms with E-state index in [1.807, 2.05) is 17.8 Å². The Morgan fingerprint density at radius 3 is 2.93 bits per heavy atom. The van der Waals surface area contributed by atoms with E-state index in [1.54, 1.807) is 11.3 Å². The van der Waals surface area contributed by atoms with Gasteiger partial charge in [-0.05, 0) is 49.1 Å². The van der Waals surface area contributed by atoms with Gasteiger partial charge in [0.2, 0.25) is 0 Å². The van der Waals surface area contributed by atoms with Crippen molar-refractivity contribution >= 4 is 49.3 Å². The van der Waals surface area contributed by atoms with Crippen molar-refractivity contribution < 1.29 is 0 Å². The van der Waals surface area contributed by atoms with Crippen molar-refractivity contribution in [1.29, 1.82) is 0 Å². The first-order chi connectivity index (χ1) is 13.3. The molecule has 2 aromatic carbocycles. The van der Waals surface area contributed by atoms with Crippen LogP contribution in [0.1, 0.15) is 18.4 Å². The topological polar surface area (TPSA) is 40.5 Å². The van der Waals surface area contributed by atoms with Crippen LogP contribution in [0.5, 0.6) is 0 Å². The molecule has 0 unspecified atom stereocenters. The van der Waals surface area contributed by atoms with E-state index in [0.717, 1.165) is 35.3 Å². The van der Waals surface area contributed by atoms with E-state index >= 15 is 0 Å². The van der Waals surface area contributed by atoms with Gasteiger partial charge in [-0.25, -0.2) is 9.98 Å². The first-order valence-electron chi connectivity index (χ1n) is 9.52. The zero-order chi connectivity index (χ0) is 18.1. The van der Waals surface area contributed by atoms with E-state index in [2.05, 4.69) is 57.7 Å². The normalized spacial score (nSPS) is 20.5. The maximum Gasteiger partial charge on any atom is 0.183 e. The van der Waals surface area contributed by atoms with Gasteiger partial charge < -0.3 is 10.2 Å². The molecule has 2 aliphatic rings. The van der Waals surface area contributed by atoms with Crippen molar-refractivity contribution in [2.75, 3.05) is 24.2 Å². The number of hydrogen-bond acceptors (Lipinski definition) is 5. The van der Waals surface area contributed by atoms with Crippen LogP contribution in [-0.2, 0) is 6.42 Å². The van der Waals surface area contributed by atoms with Crippen LogP contribution in [0.15, 0.2) is 53.5 Å². The number of rotatable bonds is 5. The summed E-state index contributed by atoms with van der Waals surface area (Å²) in [7, 11) is 0. The summed E-state index contributed by atoms with van der Waals surface area (Å²) in [5.74, 6) is 1.20. The predicted molar refractivity (Wildman–Crippen MR) is 118 cm³/mol. The highest BCUT2D eigenvalue weighted by Crippen LogP contribution is 2.33. The average molecular weight is 395 g/mol. The third kappa shape index (κ3) is 3.69. The molecule has 3 aromatic rings. The van der Waals surface area contributed by atoms with Crippen LogP contribution in [-0.4, -0.2) is 39.9 Å². The van der Waals surface area contributed by atoms with Crippen LogP contribution >= 0.6 is 23.1 Å². The zero-order valence-electron chi connectivity index (χ0n) is 15.1. The van der Waals surface area contributed by atoms with Crippen molar-refractivity contribution in [2.45, 2.75) is 25.3 Å². The Kier molecular flexibility index (Phi) is 4.76. The second-order valence-corrected chi connectivity index (χ2v) is 9.04. The third-order valence-electron chi connectivity index (χ3n) is 5.17. The van der Waals surface area contributed by atoms with Gasteiger partial charge in [0, 0.05) is 24.9 Å². The highest BCUT2D eigenvalue weighted by atomic mass is 32.2. The Hall–Kier alpha value is -2.05. The van der Waals surface area contributed by atoms with Gasteiger partial charge >= 0.3 is 0 Å². The van der Waals surface area contributed by atoms with E-state index in [9.17, 15) is 0 Å². The lowest BCUT2D eigenvalue weighted by Crippen LogP contribution is -2.27. The summed E-state index contributed by atoms with van der Waals surface area (Å²) in [6.45, 7) is 2.06. The Balaban J connectivity index is 1.18. The van der Waals surface area contributed by atoms with E-state index < -0.39 is 0 Å². The van der Waals surface area contributed by atoms with Crippen LogP contribution in [0.25, 0.3) is 10.2 Å². The summed E-state index contributed by atoms with van der Waals surface area (Å²) >= 11 is 3.62. The Bertz CT molecular complexity index is 931. The minimum atomic E-state index is 0.724. The maximum absolute atomic E-state index is 4.88. The van der Waals surface area contributed by atoms with Gasteiger partial charge in [-0.1, -0.05) is 47.4 Å². The van der Waals surface area contributed by atoms with Crippen molar-refractivity contribution in [1.82, 2.24) is 9.88 Å². The summed E-state index contributed by atoms with van der Waals surface area (Å²) < 4.78 is 1.23. The third-order valence-corrected chi connectivity index (χ3v) is 7.30. The standard InChI is InChI=1S/C21H22N4S2/c1-2-6-19-18(5-1)24-20(27-19)22-12-11-15-7-9-16(10-8-15)23-21-25-13-3-4-17(25)14-26-21/h1-2,5-10,17H,3-4,11-14H2,(H,22,24)/t17-/m0/s1. The highest BCUT2D eigenvalue weighted by molar-refractivity contribution is 8.14. The number of para-hydroxylation sites is 1. The molecule has 0 radical (unpaired) electrons. The summed E-state index contributed by atoms with van der Waals surface area (Å²) in [5.41, 5.74) is 3.46. The van der Waals surface area contributed by atoms with Crippen LogP contribution in [0, 0.1) is 0 Å². The first-order valence-corrected chi connectivity index (χ1v) is 11.3. The SMILES string of the molecule is c1ccc2sc(NCCc3ccc(N=C4SC[C@@H]5CCCN45)cc3)nc2c1. The van der Waals surface area contributed by atoms with Crippen molar-refractivity contribution in [3.8, 4) is 0 Å². The van der Waals surface area contributed by atoms with Gasteiger partial charge in [-0.3, -0.25) is 0 Å². The largest absolute Gasteiger partial charge is 0.361 e. The highest BCUT2D eigenvalue weighted by Gasteiger charge is 2.33. The zero-order valence-corrected chi connectivity index (χ0v) is 16.7. The molecule has 2 fully saturated rings. The lowest BCUT2D eigenvalue weighted by Gasteiger charge is -2.16. The Morgan fingerprint density at radius 2 is 2.04 bits per heavy atom. The summed E-state index contributed by atoms with van der Waals surface area (Å²) in [5, 5.41) is 5.66. The molecule has 3 heterocycles. The number of nitrogens with one attached hydrogen (secondary N) is 1. The molecule has 2 saturated heterocycles. The number of aromatic nitrogens is 1. The number of fused-ring (bicyclic) bond motifs is 2. The number of hydrogen-bond donors (Lipinski definition) is 1. The van der Waals surface area contributed by atoms with Gasteiger partial charge in [0.1, 0.15) is 0 Å². The van der Waals surface area contributed by atoms with Crippen LogP contribution in [0.4, 0.5) is 10.8 Å². The number of benzene rings is 2. The quantitative estimate of drug-likeness (QED) is 0.650. The van der Waals surface area contributed by atoms with Crippen molar-refractivity contribution in [2.24, 2.45) is 4.99 Å². The number of aliphatic imine (C=N–C) groups is 1. The molecule has 2 aliphatic heterocycles. The van der Waals surface area contributed by atoms with Crippen molar-refractivity contribution in [3.63, 3.8) is 0 Å². The van der Waals surface area contributed by atoms with E-state index in [-0.39, 0.29) is 0 Å². The van der Waals surface area contributed by atoms with Crippen LogP contribution < -0.4 is 5.32 Å². The molecule has 0 aliphatic carbocycles. The predicted octanol–water partition coefficient (Wildman–Crippen LogP) is 5.15. The van der Waals surface area contributed by atoms with Crippen LogP contribution in [0.2, 0.25) is 0 Å². The maximum atomic E-state index is 4.88. The minimum absolute atomic E-state index is 0.724. The number of nitrogens with zero attached hydrogens (tertiary/aromatic N) is 3. The molecule has 138 valence electrons. The molecule has 5 rings (SSSR count). The number of amidine groups is 1. The molecule has 0 amide bonds. The molecule has 0 bridgehead atoms. The molecular formula is C21H22N4S2. The molecule has 0 spiro atoms.